The molecule has 0 heterocycles. The number of amidine groups is 1. The smallest absolute Gasteiger partial charge is 0.170 e. The van der Waals surface area contributed by atoms with Crippen molar-refractivity contribution in [2.75, 3.05) is 0 Å². The monoisotopic (exact) mass is 290 g/mol. The summed E-state index contributed by atoms with van der Waals surface area (Å²) in [5.74, 6) is 0.0843. The number of hydrogen-bond acceptors (Lipinski definition) is 3. The Kier molecular flexibility index (Phi) is 4.63. The number of halogens is 1. The third-order valence-electron chi connectivity index (χ3n) is 2.87. The van der Waals surface area contributed by atoms with Crippen molar-refractivity contribution >= 4 is 17.6 Å². The van der Waals surface area contributed by atoms with E-state index >= 15 is 0 Å². The van der Waals surface area contributed by atoms with Gasteiger partial charge in [-0.25, -0.2) is 4.39 Å². The average Bonchev–Trinajstić information content (AvgIpc) is 2.46. The molecular weight excluding hydrogens is 275 g/mol. The van der Waals surface area contributed by atoms with Gasteiger partial charge in [0.25, 0.3) is 0 Å². The number of hydrogen-bond donors (Lipinski definition) is 2. The third kappa shape index (κ3) is 3.51. The predicted octanol–water partition coefficient (Wildman–Crippen LogP) is 3.52. The van der Waals surface area contributed by atoms with Gasteiger partial charge in [0, 0.05) is 16.2 Å². The van der Waals surface area contributed by atoms with Gasteiger partial charge in [-0.05, 0) is 30.7 Å². The van der Waals surface area contributed by atoms with Crippen LogP contribution in [0.4, 0.5) is 4.39 Å². The maximum atomic E-state index is 13.9. The van der Waals surface area contributed by atoms with Crippen molar-refractivity contribution in [3.8, 4) is 0 Å². The largest absolute Gasteiger partial charge is 0.409 e. The van der Waals surface area contributed by atoms with Gasteiger partial charge in [-0.1, -0.05) is 35.0 Å². The first-order chi connectivity index (χ1) is 9.60. The number of nitrogens with zero attached hydrogens (tertiary/aromatic N) is 1. The second-order valence-corrected chi connectivity index (χ2v) is 5.44. The number of oxime groups is 1. The molecule has 0 atom stereocenters. The first-order valence-corrected chi connectivity index (χ1v) is 7.04. The molecule has 20 heavy (non-hydrogen) atoms. The summed E-state index contributed by atoms with van der Waals surface area (Å²) in [4.78, 5) is 1.09. The molecule has 0 saturated heterocycles. The van der Waals surface area contributed by atoms with E-state index < -0.39 is 0 Å². The number of aryl methyl sites for hydroxylation is 1. The Bertz CT molecular complexity index is 626. The van der Waals surface area contributed by atoms with Crippen LogP contribution in [0.3, 0.4) is 0 Å². The van der Waals surface area contributed by atoms with E-state index in [0.29, 0.717) is 16.9 Å². The molecule has 3 nitrogen and oxygen atoms in total. The highest BCUT2D eigenvalue weighted by Crippen LogP contribution is 2.24. The fourth-order valence-corrected chi connectivity index (χ4v) is 2.56. The second-order valence-electron chi connectivity index (χ2n) is 4.39. The molecule has 0 amide bonds. The molecule has 2 aromatic rings. The molecule has 104 valence electrons. The molecule has 0 radical (unpaired) electrons. The first kappa shape index (κ1) is 14.4. The number of benzene rings is 2. The van der Waals surface area contributed by atoms with Crippen molar-refractivity contribution in [3.63, 3.8) is 0 Å². The SMILES string of the molecule is Cc1ccc(SCc2ccc(/C(N)=N/O)cc2F)cc1. The van der Waals surface area contributed by atoms with Gasteiger partial charge < -0.3 is 10.9 Å². The van der Waals surface area contributed by atoms with Gasteiger partial charge in [0.05, 0.1) is 0 Å². The van der Waals surface area contributed by atoms with E-state index in [-0.39, 0.29) is 11.7 Å². The van der Waals surface area contributed by atoms with Crippen LogP contribution in [0.2, 0.25) is 0 Å². The molecule has 0 aliphatic rings. The highest BCUT2D eigenvalue weighted by Gasteiger charge is 2.07. The van der Waals surface area contributed by atoms with Gasteiger partial charge in [0.2, 0.25) is 0 Å². The molecule has 0 saturated carbocycles. The maximum absolute atomic E-state index is 13.9. The van der Waals surface area contributed by atoms with Crippen molar-refractivity contribution in [3.05, 3.63) is 65.0 Å². The molecule has 0 unspecified atom stereocenters. The van der Waals surface area contributed by atoms with Crippen LogP contribution >= 0.6 is 11.8 Å². The van der Waals surface area contributed by atoms with Gasteiger partial charge in [0.15, 0.2) is 5.84 Å². The van der Waals surface area contributed by atoms with Crippen LogP contribution in [0.15, 0.2) is 52.5 Å². The fraction of sp³-hybridized carbons (Fsp3) is 0.133. The lowest BCUT2D eigenvalue weighted by molar-refractivity contribution is 0.318. The summed E-state index contributed by atoms with van der Waals surface area (Å²) < 4.78 is 13.9. The Morgan fingerprint density at radius 3 is 2.55 bits per heavy atom. The lowest BCUT2D eigenvalue weighted by Crippen LogP contribution is -2.13. The molecule has 2 rings (SSSR count). The first-order valence-electron chi connectivity index (χ1n) is 6.06. The zero-order chi connectivity index (χ0) is 14.5. The zero-order valence-corrected chi connectivity index (χ0v) is 11.8. The van der Waals surface area contributed by atoms with Crippen LogP contribution in [0.5, 0.6) is 0 Å². The molecular formula is C15H15FN2OS. The minimum absolute atomic E-state index is 0.0957. The maximum Gasteiger partial charge on any atom is 0.170 e. The molecule has 0 spiro atoms. The van der Waals surface area contributed by atoms with E-state index in [9.17, 15) is 4.39 Å². The Balaban J connectivity index is 2.08. The number of thioether (sulfide) groups is 1. The number of rotatable bonds is 4. The lowest BCUT2D eigenvalue weighted by atomic mass is 10.1. The molecule has 2 aromatic carbocycles. The van der Waals surface area contributed by atoms with Crippen LogP contribution in [-0.2, 0) is 5.75 Å². The Morgan fingerprint density at radius 1 is 1.25 bits per heavy atom. The van der Waals surface area contributed by atoms with Crippen LogP contribution in [0, 0.1) is 12.7 Å². The van der Waals surface area contributed by atoms with Crippen LogP contribution in [-0.4, -0.2) is 11.0 Å². The van der Waals surface area contributed by atoms with E-state index in [1.165, 1.54) is 11.6 Å². The summed E-state index contributed by atoms with van der Waals surface area (Å²) in [6.07, 6.45) is 0. The molecule has 3 N–H and O–H groups in total. The Morgan fingerprint density at radius 2 is 1.95 bits per heavy atom. The summed E-state index contributed by atoms with van der Waals surface area (Å²) in [6, 6.07) is 12.7. The normalized spacial score (nSPS) is 11.6. The van der Waals surface area contributed by atoms with E-state index in [1.807, 2.05) is 31.2 Å². The second kappa shape index (κ2) is 6.43. The van der Waals surface area contributed by atoms with Crippen molar-refractivity contribution in [2.24, 2.45) is 10.9 Å². The molecule has 0 fully saturated rings. The van der Waals surface area contributed by atoms with Gasteiger partial charge >= 0.3 is 0 Å². The summed E-state index contributed by atoms with van der Waals surface area (Å²) in [6.45, 7) is 2.03. The van der Waals surface area contributed by atoms with Gasteiger partial charge in [-0.15, -0.1) is 11.8 Å². The predicted molar refractivity (Wildman–Crippen MR) is 79.7 cm³/mol. The highest BCUT2D eigenvalue weighted by atomic mass is 32.2. The molecule has 0 aliphatic carbocycles. The third-order valence-corrected chi connectivity index (χ3v) is 3.93. The standard InChI is InChI=1S/C15H15FN2OS/c1-10-2-6-13(7-3-10)20-9-12-5-4-11(8-14(12)16)15(17)18-19/h2-8,19H,9H2,1H3,(H2,17,18). The highest BCUT2D eigenvalue weighted by molar-refractivity contribution is 7.98. The number of nitrogens with two attached hydrogens (primary N) is 1. The minimum Gasteiger partial charge on any atom is -0.409 e. The lowest BCUT2D eigenvalue weighted by Gasteiger charge is -2.06. The van der Waals surface area contributed by atoms with Crippen molar-refractivity contribution < 1.29 is 9.60 Å². The van der Waals surface area contributed by atoms with Gasteiger partial charge in [0.1, 0.15) is 5.82 Å². The van der Waals surface area contributed by atoms with E-state index in [1.54, 1.807) is 23.9 Å². The fourth-order valence-electron chi connectivity index (χ4n) is 1.68. The van der Waals surface area contributed by atoms with Gasteiger partial charge in [-0.2, -0.15) is 0 Å². The zero-order valence-electron chi connectivity index (χ0n) is 11.0. The van der Waals surface area contributed by atoms with Crippen LogP contribution < -0.4 is 5.73 Å². The van der Waals surface area contributed by atoms with Crippen LogP contribution in [0.1, 0.15) is 16.7 Å². The summed E-state index contributed by atoms with van der Waals surface area (Å²) in [5, 5.41) is 11.4. The molecule has 0 aromatic heterocycles. The van der Waals surface area contributed by atoms with Crippen molar-refractivity contribution in [2.45, 2.75) is 17.6 Å². The Hall–Kier alpha value is -2.01. The summed E-state index contributed by atoms with van der Waals surface area (Å²) >= 11 is 1.57. The molecule has 0 bridgehead atoms. The van der Waals surface area contributed by atoms with E-state index in [2.05, 4.69) is 5.16 Å². The van der Waals surface area contributed by atoms with E-state index in [0.717, 1.165) is 4.90 Å². The van der Waals surface area contributed by atoms with Crippen LogP contribution in [0.25, 0.3) is 0 Å². The Labute approximate surface area is 121 Å². The topological polar surface area (TPSA) is 58.6 Å². The van der Waals surface area contributed by atoms with Crippen molar-refractivity contribution in [1.29, 1.82) is 0 Å². The quantitative estimate of drug-likeness (QED) is 0.298. The van der Waals surface area contributed by atoms with Gasteiger partial charge in [-0.3, -0.25) is 0 Å². The summed E-state index contributed by atoms with van der Waals surface area (Å²) in [7, 11) is 0. The molecule has 5 heteroatoms. The molecule has 0 aliphatic heterocycles. The minimum atomic E-state index is -0.353. The summed E-state index contributed by atoms with van der Waals surface area (Å²) in [5.41, 5.74) is 7.58. The van der Waals surface area contributed by atoms with Crippen molar-refractivity contribution in [1.82, 2.24) is 0 Å². The average molecular weight is 290 g/mol. The van der Waals surface area contributed by atoms with E-state index in [4.69, 9.17) is 10.9 Å².